The second kappa shape index (κ2) is 5.31. The van der Waals surface area contributed by atoms with E-state index in [-0.39, 0.29) is 17.6 Å². The fraction of sp³-hybridized carbons (Fsp3) is 0.417. The third-order valence-corrected chi connectivity index (χ3v) is 3.17. The van der Waals surface area contributed by atoms with Crippen molar-refractivity contribution < 1.29 is 19.2 Å². The van der Waals surface area contributed by atoms with Crippen LogP contribution in [0.4, 0.5) is 10.1 Å². The van der Waals surface area contributed by atoms with Crippen molar-refractivity contribution in [1.82, 2.24) is 5.32 Å². The number of hydrogen-bond donors (Lipinski definition) is 2. The summed E-state index contributed by atoms with van der Waals surface area (Å²) in [5.74, 6) is -1.22. The van der Waals surface area contributed by atoms with Crippen LogP contribution in [0, 0.1) is 21.8 Å². The molecule has 1 saturated carbocycles. The Morgan fingerprint density at radius 2 is 2.21 bits per heavy atom. The number of nitrogens with one attached hydrogen (secondary N) is 1. The summed E-state index contributed by atoms with van der Waals surface area (Å²) in [5.41, 5.74) is -0.667. The fourth-order valence-electron chi connectivity index (χ4n) is 2.00. The summed E-state index contributed by atoms with van der Waals surface area (Å²) in [6, 6.07) is 3.02. The molecule has 1 aromatic carbocycles. The van der Waals surface area contributed by atoms with Crippen molar-refractivity contribution in [2.75, 3.05) is 6.54 Å². The first-order chi connectivity index (χ1) is 8.97. The minimum Gasteiger partial charge on any atom is -0.393 e. The Bertz CT molecular complexity index is 514. The quantitative estimate of drug-likeness (QED) is 0.634. The number of nitro groups is 1. The molecule has 2 rings (SSSR count). The van der Waals surface area contributed by atoms with Gasteiger partial charge in [-0.2, -0.15) is 4.39 Å². The average molecular weight is 268 g/mol. The smallest absolute Gasteiger partial charge is 0.305 e. The van der Waals surface area contributed by atoms with Gasteiger partial charge in [0, 0.05) is 18.2 Å². The van der Waals surface area contributed by atoms with Crippen LogP contribution in [-0.2, 0) is 0 Å². The number of carbonyl (C=O) groups excluding carboxylic acids is 1. The minimum atomic E-state index is -0.969. The SMILES string of the molecule is O=C(NCC1CC(O)C1)c1ccc(F)c([N+](=O)[O-])c1. The second-order valence-corrected chi connectivity index (χ2v) is 4.62. The number of hydrogen-bond acceptors (Lipinski definition) is 4. The van der Waals surface area contributed by atoms with Crippen LogP contribution in [0.3, 0.4) is 0 Å². The molecular formula is C12H13FN2O4. The number of rotatable bonds is 4. The molecule has 1 fully saturated rings. The Morgan fingerprint density at radius 1 is 1.53 bits per heavy atom. The highest BCUT2D eigenvalue weighted by molar-refractivity contribution is 5.94. The van der Waals surface area contributed by atoms with E-state index in [1.807, 2.05) is 0 Å². The van der Waals surface area contributed by atoms with E-state index in [0.717, 1.165) is 12.1 Å². The largest absolute Gasteiger partial charge is 0.393 e. The Balaban J connectivity index is 1.99. The molecule has 0 atom stereocenters. The molecule has 6 nitrogen and oxygen atoms in total. The third kappa shape index (κ3) is 3.05. The van der Waals surface area contributed by atoms with Gasteiger partial charge in [0.25, 0.3) is 5.91 Å². The molecule has 1 aromatic rings. The van der Waals surface area contributed by atoms with Crippen LogP contribution in [0.2, 0.25) is 0 Å². The molecule has 1 aliphatic rings. The third-order valence-electron chi connectivity index (χ3n) is 3.17. The van der Waals surface area contributed by atoms with Gasteiger partial charge < -0.3 is 10.4 Å². The zero-order valence-electron chi connectivity index (χ0n) is 10.0. The molecule has 19 heavy (non-hydrogen) atoms. The van der Waals surface area contributed by atoms with Crippen LogP contribution in [-0.4, -0.2) is 28.6 Å². The van der Waals surface area contributed by atoms with Crippen LogP contribution < -0.4 is 5.32 Å². The molecular weight excluding hydrogens is 255 g/mol. The lowest BCUT2D eigenvalue weighted by molar-refractivity contribution is -0.387. The van der Waals surface area contributed by atoms with Crippen molar-refractivity contribution >= 4 is 11.6 Å². The van der Waals surface area contributed by atoms with Crippen molar-refractivity contribution in [3.05, 3.63) is 39.7 Å². The van der Waals surface area contributed by atoms with Gasteiger partial charge in [0.1, 0.15) is 0 Å². The Kier molecular flexibility index (Phi) is 3.75. The lowest BCUT2D eigenvalue weighted by Gasteiger charge is -2.31. The standard InChI is InChI=1S/C12H13FN2O4/c13-10-2-1-8(5-11(10)15(18)19)12(17)14-6-7-3-9(16)4-7/h1-2,5,7,9,16H,3-4,6H2,(H,14,17). The molecule has 7 heteroatoms. The number of carbonyl (C=O) groups is 1. The molecule has 0 aromatic heterocycles. The zero-order valence-corrected chi connectivity index (χ0v) is 10.0. The van der Waals surface area contributed by atoms with Gasteiger partial charge in [-0.05, 0) is 30.9 Å². The predicted octanol–water partition coefficient (Wildman–Crippen LogP) is 1.23. The molecule has 102 valence electrons. The van der Waals surface area contributed by atoms with Crippen molar-refractivity contribution in [3.8, 4) is 0 Å². The highest BCUT2D eigenvalue weighted by Crippen LogP contribution is 2.26. The summed E-state index contributed by atoms with van der Waals surface area (Å²) in [5, 5.41) is 22.3. The van der Waals surface area contributed by atoms with Gasteiger partial charge >= 0.3 is 5.69 Å². The molecule has 0 spiro atoms. The molecule has 0 unspecified atom stereocenters. The molecule has 0 heterocycles. The van der Waals surface area contributed by atoms with Gasteiger partial charge in [0.2, 0.25) is 5.82 Å². The van der Waals surface area contributed by atoms with Gasteiger partial charge in [0.15, 0.2) is 0 Å². The van der Waals surface area contributed by atoms with E-state index in [9.17, 15) is 19.3 Å². The van der Waals surface area contributed by atoms with Crippen LogP contribution in [0.25, 0.3) is 0 Å². The summed E-state index contributed by atoms with van der Waals surface area (Å²) < 4.78 is 13.1. The predicted molar refractivity (Wildman–Crippen MR) is 64.1 cm³/mol. The summed E-state index contributed by atoms with van der Waals surface area (Å²) in [6.07, 6.45) is 0.988. The second-order valence-electron chi connectivity index (χ2n) is 4.62. The monoisotopic (exact) mass is 268 g/mol. The summed E-state index contributed by atoms with van der Waals surface area (Å²) >= 11 is 0. The molecule has 0 radical (unpaired) electrons. The van der Waals surface area contributed by atoms with Gasteiger partial charge in [-0.1, -0.05) is 0 Å². The summed E-state index contributed by atoms with van der Waals surface area (Å²) in [4.78, 5) is 21.4. The number of nitro benzene ring substituents is 1. The Morgan fingerprint density at radius 3 is 2.79 bits per heavy atom. The maximum absolute atomic E-state index is 13.1. The van der Waals surface area contributed by atoms with E-state index in [1.54, 1.807) is 0 Å². The number of aliphatic hydroxyl groups is 1. The maximum atomic E-state index is 13.1. The number of amides is 1. The lowest BCUT2D eigenvalue weighted by atomic mass is 9.82. The van der Waals surface area contributed by atoms with Crippen LogP contribution in [0.5, 0.6) is 0 Å². The van der Waals surface area contributed by atoms with E-state index in [0.29, 0.717) is 19.4 Å². The van der Waals surface area contributed by atoms with E-state index < -0.39 is 22.3 Å². The number of nitrogens with zero attached hydrogens (tertiary/aromatic N) is 1. The first-order valence-corrected chi connectivity index (χ1v) is 5.87. The average Bonchev–Trinajstić information content (AvgIpc) is 2.33. The highest BCUT2D eigenvalue weighted by atomic mass is 19.1. The van der Waals surface area contributed by atoms with Gasteiger partial charge in [0.05, 0.1) is 11.0 Å². The van der Waals surface area contributed by atoms with Gasteiger partial charge in [-0.25, -0.2) is 0 Å². The summed E-state index contributed by atoms with van der Waals surface area (Å²) in [6.45, 7) is 0.404. The molecule has 0 aliphatic heterocycles. The van der Waals surface area contributed by atoms with Crippen LogP contribution in [0.15, 0.2) is 18.2 Å². The molecule has 1 aliphatic carbocycles. The van der Waals surface area contributed by atoms with Crippen molar-refractivity contribution in [2.24, 2.45) is 5.92 Å². The fourth-order valence-corrected chi connectivity index (χ4v) is 2.00. The zero-order chi connectivity index (χ0) is 14.0. The van der Waals surface area contributed by atoms with Crippen LogP contribution in [0.1, 0.15) is 23.2 Å². The van der Waals surface area contributed by atoms with E-state index in [2.05, 4.69) is 5.32 Å². The summed E-state index contributed by atoms with van der Waals surface area (Å²) in [7, 11) is 0. The van der Waals surface area contributed by atoms with E-state index in [4.69, 9.17) is 5.11 Å². The highest BCUT2D eigenvalue weighted by Gasteiger charge is 2.27. The molecule has 2 N–H and O–H groups in total. The minimum absolute atomic E-state index is 0.0490. The van der Waals surface area contributed by atoms with Gasteiger partial charge in [-0.15, -0.1) is 0 Å². The first-order valence-electron chi connectivity index (χ1n) is 5.87. The van der Waals surface area contributed by atoms with Crippen molar-refractivity contribution in [2.45, 2.75) is 18.9 Å². The van der Waals surface area contributed by atoms with Crippen molar-refractivity contribution in [3.63, 3.8) is 0 Å². The molecule has 1 amide bonds. The lowest BCUT2D eigenvalue weighted by Crippen LogP contribution is -2.38. The van der Waals surface area contributed by atoms with E-state index in [1.165, 1.54) is 6.07 Å². The number of halogens is 1. The molecule has 0 bridgehead atoms. The molecule has 0 saturated heterocycles. The van der Waals surface area contributed by atoms with Gasteiger partial charge in [-0.3, -0.25) is 14.9 Å². The Hall–Kier alpha value is -2.02. The van der Waals surface area contributed by atoms with Crippen LogP contribution >= 0.6 is 0 Å². The topological polar surface area (TPSA) is 92.5 Å². The maximum Gasteiger partial charge on any atom is 0.305 e. The van der Waals surface area contributed by atoms with Crippen molar-refractivity contribution in [1.29, 1.82) is 0 Å². The number of aliphatic hydroxyl groups excluding tert-OH is 1. The normalized spacial score (nSPS) is 21.6. The number of benzene rings is 1. The van der Waals surface area contributed by atoms with E-state index >= 15 is 0 Å². The Labute approximate surface area is 108 Å². The first kappa shape index (κ1) is 13.4.